The van der Waals surface area contributed by atoms with Crippen molar-refractivity contribution in [2.75, 3.05) is 22.5 Å². The van der Waals surface area contributed by atoms with E-state index in [1.54, 1.807) is 36.4 Å². The van der Waals surface area contributed by atoms with Gasteiger partial charge in [-0.2, -0.15) is 0 Å². The molecule has 0 saturated heterocycles. The monoisotopic (exact) mass is 450 g/mol. The number of nitrogens with one attached hydrogen (secondary N) is 4. The minimum absolute atomic E-state index is 0.0115. The second-order valence-corrected chi connectivity index (χ2v) is 9.01. The Morgan fingerprint density at radius 1 is 0.788 bits per heavy atom. The maximum Gasteiger partial charge on any atom is 0.251 e. The van der Waals surface area contributed by atoms with Crippen molar-refractivity contribution < 1.29 is 14.4 Å². The number of rotatable bonds is 9. The molecule has 0 bridgehead atoms. The van der Waals surface area contributed by atoms with Crippen molar-refractivity contribution in [3.8, 4) is 0 Å². The predicted molar refractivity (Wildman–Crippen MR) is 132 cm³/mol. The molecule has 0 aromatic heterocycles. The molecule has 176 valence electrons. The minimum Gasteiger partial charge on any atom is -0.376 e. The third-order valence-corrected chi connectivity index (χ3v) is 5.59. The molecular formula is C26H34N4O3. The summed E-state index contributed by atoms with van der Waals surface area (Å²) in [5.41, 5.74) is 2.74. The number of benzene rings is 2. The molecule has 0 atom stereocenters. The fourth-order valence-electron chi connectivity index (χ4n) is 3.86. The number of carbonyl (C=O) groups is 3. The highest BCUT2D eigenvalue weighted by Gasteiger charge is 2.16. The average molecular weight is 451 g/mol. The second-order valence-electron chi connectivity index (χ2n) is 9.01. The highest BCUT2D eigenvalue weighted by atomic mass is 16.2. The van der Waals surface area contributed by atoms with Crippen LogP contribution in [-0.2, 0) is 9.59 Å². The number of hydrogen-bond acceptors (Lipinski definition) is 4. The van der Waals surface area contributed by atoms with Crippen molar-refractivity contribution in [3.63, 3.8) is 0 Å². The first-order valence-electron chi connectivity index (χ1n) is 11.7. The smallest absolute Gasteiger partial charge is 0.251 e. The van der Waals surface area contributed by atoms with E-state index in [-0.39, 0.29) is 30.3 Å². The van der Waals surface area contributed by atoms with Gasteiger partial charge in [-0.15, -0.1) is 0 Å². The van der Waals surface area contributed by atoms with E-state index in [2.05, 4.69) is 21.3 Å². The first-order valence-corrected chi connectivity index (χ1v) is 11.7. The second kappa shape index (κ2) is 12.0. The van der Waals surface area contributed by atoms with Gasteiger partial charge in [-0.1, -0.05) is 33.1 Å². The van der Waals surface area contributed by atoms with E-state index in [1.807, 2.05) is 26.0 Å². The van der Waals surface area contributed by atoms with Gasteiger partial charge in [0.05, 0.1) is 6.54 Å². The Morgan fingerprint density at radius 3 is 1.94 bits per heavy atom. The zero-order chi connectivity index (χ0) is 23.6. The van der Waals surface area contributed by atoms with Crippen molar-refractivity contribution in [2.45, 2.75) is 58.4 Å². The van der Waals surface area contributed by atoms with Gasteiger partial charge in [-0.3, -0.25) is 14.4 Å². The van der Waals surface area contributed by atoms with Crippen LogP contribution in [0.5, 0.6) is 0 Å². The minimum atomic E-state index is -0.191. The molecule has 3 amide bonds. The molecule has 7 nitrogen and oxygen atoms in total. The molecule has 7 heteroatoms. The summed E-state index contributed by atoms with van der Waals surface area (Å²) >= 11 is 0. The summed E-state index contributed by atoms with van der Waals surface area (Å²) in [7, 11) is 0. The third kappa shape index (κ3) is 8.25. The molecule has 4 N–H and O–H groups in total. The van der Waals surface area contributed by atoms with Crippen molar-refractivity contribution in [1.29, 1.82) is 0 Å². The van der Waals surface area contributed by atoms with Gasteiger partial charge >= 0.3 is 0 Å². The summed E-state index contributed by atoms with van der Waals surface area (Å²) < 4.78 is 0. The highest BCUT2D eigenvalue weighted by molar-refractivity contribution is 5.97. The zero-order valence-corrected chi connectivity index (χ0v) is 19.4. The molecule has 1 aliphatic rings. The number of hydrogen-bond donors (Lipinski definition) is 4. The predicted octanol–water partition coefficient (Wildman–Crippen LogP) is 4.78. The van der Waals surface area contributed by atoms with E-state index >= 15 is 0 Å². The van der Waals surface area contributed by atoms with Crippen LogP contribution < -0.4 is 21.3 Å². The molecular weight excluding hydrogens is 416 g/mol. The van der Waals surface area contributed by atoms with E-state index in [1.165, 1.54) is 19.3 Å². The van der Waals surface area contributed by atoms with E-state index in [4.69, 9.17) is 0 Å². The van der Waals surface area contributed by atoms with Gasteiger partial charge in [0.15, 0.2) is 0 Å². The summed E-state index contributed by atoms with van der Waals surface area (Å²) in [6.45, 7) is 4.10. The Balaban J connectivity index is 1.42. The van der Waals surface area contributed by atoms with E-state index in [0.29, 0.717) is 23.6 Å². The molecule has 0 unspecified atom stereocenters. The fourth-order valence-corrected chi connectivity index (χ4v) is 3.86. The average Bonchev–Trinajstić information content (AvgIpc) is 2.79. The van der Waals surface area contributed by atoms with Crippen LogP contribution in [0.3, 0.4) is 0 Å². The molecule has 2 aromatic carbocycles. The Morgan fingerprint density at radius 2 is 1.33 bits per heavy atom. The van der Waals surface area contributed by atoms with Crippen LogP contribution in [-0.4, -0.2) is 30.3 Å². The SMILES string of the molecule is CC(C)CC(=O)Nc1ccc(NCC(=O)Nc2ccc(C(=O)NC3CCCCC3)cc2)cc1. The summed E-state index contributed by atoms with van der Waals surface area (Å²) in [5, 5.41) is 11.8. The lowest BCUT2D eigenvalue weighted by molar-refractivity contribution is -0.117. The first-order chi connectivity index (χ1) is 15.9. The Labute approximate surface area is 195 Å². The van der Waals surface area contributed by atoms with Gasteiger partial charge in [-0.05, 0) is 67.3 Å². The molecule has 1 aliphatic carbocycles. The Kier molecular flexibility index (Phi) is 8.87. The Bertz CT molecular complexity index is 933. The number of anilines is 3. The normalized spacial score (nSPS) is 13.9. The van der Waals surface area contributed by atoms with E-state index in [0.717, 1.165) is 24.2 Å². The van der Waals surface area contributed by atoms with E-state index < -0.39 is 0 Å². The maximum atomic E-state index is 12.4. The van der Waals surface area contributed by atoms with Crippen LogP contribution in [0.4, 0.5) is 17.1 Å². The van der Waals surface area contributed by atoms with Crippen molar-refractivity contribution >= 4 is 34.8 Å². The van der Waals surface area contributed by atoms with Crippen LogP contribution in [0.2, 0.25) is 0 Å². The number of amides is 3. The quantitative estimate of drug-likeness (QED) is 0.442. The first kappa shape index (κ1) is 24.3. The molecule has 0 spiro atoms. The van der Waals surface area contributed by atoms with Crippen LogP contribution in [0.25, 0.3) is 0 Å². The summed E-state index contributed by atoms with van der Waals surface area (Å²) in [6, 6.07) is 14.4. The molecule has 33 heavy (non-hydrogen) atoms. The van der Waals surface area contributed by atoms with Gasteiger partial charge < -0.3 is 21.3 Å². The molecule has 0 radical (unpaired) electrons. The van der Waals surface area contributed by atoms with Crippen LogP contribution in [0.1, 0.15) is 62.7 Å². The lowest BCUT2D eigenvalue weighted by Crippen LogP contribution is -2.36. The molecule has 0 aliphatic heterocycles. The van der Waals surface area contributed by atoms with Gasteiger partial charge in [0.2, 0.25) is 11.8 Å². The third-order valence-electron chi connectivity index (χ3n) is 5.59. The molecule has 1 fully saturated rings. The van der Waals surface area contributed by atoms with Gasteiger partial charge in [0.1, 0.15) is 0 Å². The Hall–Kier alpha value is -3.35. The molecule has 3 rings (SSSR count). The maximum absolute atomic E-state index is 12.4. The zero-order valence-electron chi connectivity index (χ0n) is 19.4. The topological polar surface area (TPSA) is 99.3 Å². The summed E-state index contributed by atoms with van der Waals surface area (Å²) in [6.07, 6.45) is 6.15. The molecule has 0 heterocycles. The van der Waals surface area contributed by atoms with E-state index in [9.17, 15) is 14.4 Å². The van der Waals surface area contributed by atoms with Crippen LogP contribution >= 0.6 is 0 Å². The van der Waals surface area contributed by atoms with Gasteiger partial charge in [0.25, 0.3) is 5.91 Å². The van der Waals surface area contributed by atoms with Gasteiger partial charge in [0, 0.05) is 35.1 Å². The van der Waals surface area contributed by atoms with Gasteiger partial charge in [-0.25, -0.2) is 0 Å². The molecule has 2 aromatic rings. The number of carbonyl (C=O) groups excluding carboxylic acids is 3. The summed E-state index contributed by atoms with van der Waals surface area (Å²) in [4.78, 5) is 36.5. The fraction of sp³-hybridized carbons (Fsp3) is 0.423. The van der Waals surface area contributed by atoms with Crippen molar-refractivity contribution in [2.24, 2.45) is 5.92 Å². The van der Waals surface area contributed by atoms with Crippen molar-refractivity contribution in [1.82, 2.24) is 5.32 Å². The van der Waals surface area contributed by atoms with Crippen molar-refractivity contribution in [3.05, 3.63) is 54.1 Å². The largest absolute Gasteiger partial charge is 0.376 e. The summed E-state index contributed by atoms with van der Waals surface area (Å²) in [5.74, 6) is 0.0379. The standard InChI is InChI=1S/C26H34N4O3/c1-18(2)16-24(31)28-23-14-12-20(13-15-23)27-17-25(32)29-22-10-8-19(9-11-22)26(33)30-21-6-4-3-5-7-21/h8-15,18,21,27H,3-7,16-17H2,1-2H3,(H,28,31)(H,29,32)(H,30,33). The lowest BCUT2D eigenvalue weighted by Gasteiger charge is -2.22. The highest BCUT2D eigenvalue weighted by Crippen LogP contribution is 2.18. The molecule has 1 saturated carbocycles. The van der Waals surface area contributed by atoms with Crippen LogP contribution in [0.15, 0.2) is 48.5 Å². The van der Waals surface area contributed by atoms with Crippen LogP contribution in [0, 0.1) is 5.92 Å². The lowest BCUT2D eigenvalue weighted by atomic mass is 9.95.